The molecule has 2 rings (SSSR count). The second-order valence-corrected chi connectivity index (χ2v) is 7.76. The lowest BCUT2D eigenvalue weighted by molar-refractivity contribution is -0.153. The maximum atomic E-state index is 12.5. The van der Waals surface area contributed by atoms with Crippen molar-refractivity contribution in [2.45, 2.75) is 38.9 Å². The number of piperidine rings is 1. The molecule has 1 aliphatic rings. The topological polar surface area (TPSA) is 92.0 Å². The zero-order valence-electron chi connectivity index (χ0n) is 18.1. The number of carbonyl (C=O) groups is 1. The van der Waals surface area contributed by atoms with Crippen molar-refractivity contribution >= 4 is 11.9 Å². The first-order valence-corrected chi connectivity index (χ1v) is 10.4. The number of rotatable bonds is 9. The normalized spacial score (nSPS) is 18.0. The van der Waals surface area contributed by atoms with Crippen molar-refractivity contribution < 1.29 is 22.7 Å². The van der Waals surface area contributed by atoms with Crippen LogP contribution in [0.3, 0.4) is 0 Å². The van der Waals surface area contributed by atoms with E-state index in [0.29, 0.717) is 24.6 Å². The number of aliphatic imine (C=N–C) groups is 1. The maximum absolute atomic E-state index is 12.5. The molecule has 0 aromatic heterocycles. The molecule has 0 aliphatic carbocycles. The van der Waals surface area contributed by atoms with Crippen LogP contribution >= 0.6 is 0 Å². The van der Waals surface area contributed by atoms with Gasteiger partial charge >= 0.3 is 6.18 Å². The number of carbonyl (C=O) groups excluding carboxylic acids is 1. The van der Waals surface area contributed by atoms with E-state index < -0.39 is 12.8 Å². The molecule has 1 fully saturated rings. The number of likely N-dealkylation sites (tertiary alicyclic amines) is 1. The fourth-order valence-corrected chi connectivity index (χ4v) is 3.50. The van der Waals surface area contributed by atoms with Crippen LogP contribution in [0.15, 0.2) is 23.2 Å². The molecule has 0 radical (unpaired) electrons. The third kappa shape index (κ3) is 9.04. The molecule has 4 N–H and O–H groups in total. The number of halogens is 3. The van der Waals surface area contributed by atoms with Crippen molar-refractivity contribution in [3.8, 4) is 5.75 Å². The van der Waals surface area contributed by atoms with Crippen LogP contribution in [-0.2, 0) is 11.3 Å². The number of nitrogens with one attached hydrogen (secondary N) is 2. The van der Waals surface area contributed by atoms with Gasteiger partial charge in [-0.1, -0.05) is 12.1 Å². The smallest absolute Gasteiger partial charge is 0.422 e. The Morgan fingerprint density at radius 1 is 1.35 bits per heavy atom. The van der Waals surface area contributed by atoms with E-state index in [2.05, 4.69) is 20.5 Å². The molecule has 1 atom stereocenters. The molecule has 1 heterocycles. The highest BCUT2D eigenvalue weighted by Crippen LogP contribution is 2.23. The minimum Gasteiger partial charge on any atom is -0.484 e. The average molecular weight is 444 g/mol. The Labute approximate surface area is 181 Å². The summed E-state index contributed by atoms with van der Waals surface area (Å²) in [7, 11) is 1.63. The lowest BCUT2D eigenvalue weighted by Gasteiger charge is -2.31. The third-order valence-electron chi connectivity index (χ3n) is 5.14. The molecule has 1 aliphatic heterocycles. The van der Waals surface area contributed by atoms with Gasteiger partial charge in [-0.05, 0) is 50.9 Å². The number of primary amides is 1. The number of nitrogens with zero attached hydrogens (tertiary/aromatic N) is 2. The second-order valence-electron chi connectivity index (χ2n) is 7.76. The van der Waals surface area contributed by atoms with Gasteiger partial charge in [0.15, 0.2) is 12.6 Å². The van der Waals surface area contributed by atoms with Gasteiger partial charge < -0.3 is 26.0 Å². The summed E-state index contributed by atoms with van der Waals surface area (Å²) in [5, 5.41) is 6.31. The largest absolute Gasteiger partial charge is 0.484 e. The van der Waals surface area contributed by atoms with Crippen LogP contribution in [0.5, 0.6) is 5.75 Å². The summed E-state index contributed by atoms with van der Waals surface area (Å²) in [5.74, 6) is 0.451. The van der Waals surface area contributed by atoms with Crippen molar-refractivity contribution in [1.29, 1.82) is 0 Å². The molecule has 10 heteroatoms. The van der Waals surface area contributed by atoms with Crippen LogP contribution in [0.25, 0.3) is 0 Å². The van der Waals surface area contributed by atoms with Gasteiger partial charge in [-0.3, -0.25) is 9.79 Å². The van der Waals surface area contributed by atoms with Crippen molar-refractivity contribution in [2.24, 2.45) is 16.6 Å². The monoisotopic (exact) mass is 443 g/mol. The molecule has 1 unspecified atom stereocenters. The van der Waals surface area contributed by atoms with Gasteiger partial charge in [0.25, 0.3) is 0 Å². The Balaban J connectivity index is 1.78. The lowest BCUT2D eigenvalue weighted by Crippen LogP contribution is -2.42. The van der Waals surface area contributed by atoms with Gasteiger partial charge in [0.05, 0.1) is 5.92 Å². The number of amides is 1. The fourth-order valence-electron chi connectivity index (χ4n) is 3.50. The van der Waals surface area contributed by atoms with E-state index >= 15 is 0 Å². The van der Waals surface area contributed by atoms with Crippen molar-refractivity contribution in [3.05, 3.63) is 29.3 Å². The molecule has 7 nitrogen and oxygen atoms in total. The first-order chi connectivity index (χ1) is 14.7. The second kappa shape index (κ2) is 11.8. The fraction of sp³-hybridized carbons (Fsp3) is 0.619. The quantitative estimate of drug-likeness (QED) is 0.309. The molecule has 1 aromatic rings. The van der Waals surface area contributed by atoms with Gasteiger partial charge in [-0.2, -0.15) is 13.2 Å². The Bertz CT molecular complexity index is 755. The summed E-state index contributed by atoms with van der Waals surface area (Å²) in [5.41, 5.74) is 6.85. The summed E-state index contributed by atoms with van der Waals surface area (Å²) < 4.78 is 42.5. The molecular weight excluding hydrogens is 411 g/mol. The van der Waals surface area contributed by atoms with E-state index in [1.54, 1.807) is 26.1 Å². The van der Waals surface area contributed by atoms with Crippen LogP contribution in [0, 0.1) is 12.8 Å². The number of alkyl halides is 3. The van der Waals surface area contributed by atoms with Gasteiger partial charge in [-0.25, -0.2) is 0 Å². The van der Waals surface area contributed by atoms with E-state index in [0.717, 1.165) is 37.9 Å². The molecule has 31 heavy (non-hydrogen) atoms. The van der Waals surface area contributed by atoms with E-state index in [1.165, 1.54) is 0 Å². The van der Waals surface area contributed by atoms with Crippen LogP contribution in [0.2, 0.25) is 0 Å². The number of guanidine groups is 1. The Kier molecular flexibility index (Phi) is 9.42. The Hall–Kier alpha value is -2.49. The highest BCUT2D eigenvalue weighted by molar-refractivity contribution is 5.79. The van der Waals surface area contributed by atoms with Crippen molar-refractivity contribution in [2.75, 3.05) is 39.8 Å². The van der Waals surface area contributed by atoms with Crippen LogP contribution in [-0.4, -0.2) is 62.8 Å². The molecular formula is C21H32F3N5O2. The molecule has 1 saturated heterocycles. The molecule has 0 saturated carbocycles. The van der Waals surface area contributed by atoms with E-state index in [4.69, 9.17) is 10.5 Å². The average Bonchev–Trinajstić information content (AvgIpc) is 2.72. The summed E-state index contributed by atoms with van der Waals surface area (Å²) in [6.07, 6.45) is -1.71. The predicted molar refractivity (Wildman–Crippen MR) is 114 cm³/mol. The SMILES string of the molecule is CN=C(NCCCN1CCCC(C(N)=O)C1)NCc1ccc(C)cc1OCC(F)(F)F. The van der Waals surface area contributed by atoms with Crippen molar-refractivity contribution in [1.82, 2.24) is 15.5 Å². The number of nitrogens with two attached hydrogens (primary N) is 1. The molecule has 1 amide bonds. The van der Waals surface area contributed by atoms with E-state index in [1.807, 2.05) is 6.07 Å². The number of hydrogen-bond acceptors (Lipinski definition) is 4. The van der Waals surface area contributed by atoms with Crippen LogP contribution < -0.4 is 21.1 Å². The number of ether oxygens (including phenoxy) is 1. The zero-order chi connectivity index (χ0) is 22.9. The number of hydrogen-bond donors (Lipinski definition) is 3. The maximum Gasteiger partial charge on any atom is 0.422 e. The number of aryl methyl sites for hydroxylation is 1. The lowest BCUT2D eigenvalue weighted by atomic mass is 9.97. The Morgan fingerprint density at radius 3 is 2.81 bits per heavy atom. The Morgan fingerprint density at radius 2 is 2.13 bits per heavy atom. The van der Waals surface area contributed by atoms with Gasteiger partial charge in [0, 0.05) is 32.2 Å². The third-order valence-corrected chi connectivity index (χ3v) is 5.14. The highest BCUT2D eigenvalue weighted by Gasteiger charge is 2.29. The van der Waals surface area contributed by atoms with Crippen molar-refractivity contribution in [3.63, 3.8) is 0 Å². The standard InChI is InChI=1S/C21H32F3N5O2/c1-15-6-7-16(18(11-15)31-14-21(22,23)24)12-28-20(26-2)27-8-4-10-29-9-3-5-17(13-29)19(25)30/h6-7,11,17H,3-5,8-10,12-14H2,1-2H3,(H2,25,30)(H2,26,27,28). The summed E-state index contributed by atoms with van der Waals surface area (Å²) >= 11 is 0. The van der Waals surface area contributed by atoms with Gasteiger partial charge in [0.1, 0.15) is 5.75 Å². The molecule has 174 valence electrons. The van der Waals surface area contributed by atoms with E-state index in [-0.39, 0.29) is 24.1 Å². The minimum absolute atomic E-state index is 0.0700. The summed E-state index contributed by atoms with van der Waals surface area (Å²) in [6.45, 7) is 3.93. The van der Waals surface area contributed by atoms with Gasteiger partial charge in [-0.15, -0.1) is 0 Å². The van der Waals surface area contributed by atoms with E-state index in [9.17, 15) is 18.0 Å². The van der Waals surface area contributed by atoms with Gasteiger partial charge in [0.2, 0.25) is 5.91 Å². The van der Waals surface area contributed by atoms with Crippen LogP contribution in [0.1, 0.15) is 30.4 Å². The summed E-state index contributed by atoms with van der Waals surface area (Å²) in [6, 6.07) is 5.16. The molecule has 1 aromatic carbocycles. The first-order valence-electron chi connectivity index (χ1n) is 10.4. The predicted octanol–water partition coefficient (Wildman–Crippen LogP) is 2.19. The highest BCUT2D eigenvalue weighted by atomic mass is 19.4. The minimum atomic E-state index is -4.39. The summed E-state index contributed by atoms with van der Waals surface area (Å²) in [4.78, 5) is 17.8. The first kappa shape index (κ1) is 24.8. The number of benzene rings is 1. The van der Waals surface area contributed by atoms with Crippen LogP contribution in [0.4, 0.5) is 13.2 Å². The molecule has 0 spiro atoms. The zero-order valence-corrected chi connectivity index (χ0v) is 18.1. The molecule has 0 bridgehead atoms.